The summed E-state index contributed by atoms with van der Waals surface area (Å²) in [7, 11) is 0. The molecule has 2 aliphatic rings. The minimum absolute atomic E-state index is 0.0234. The number of rotatable bonds is 4. The number of fused-ring (bicyclic) bond motifs is 1. The molecule has 2 aromatic rings. The van der Waals surface area contributed by atoms with E-state index in [-0.39, 0.29) is 5.91 Å². The first kappa shape index (κ1) is 15.1. The molecule has 1 heterocycles. The third-order valence-electron chi connectivity index (χ3n) is 4.82. The average molecular weight is 322 g/mol. The highest BCUT2D eigenvalue weighted by Crippen LogP contribution is 2.33. The van der Waals surface area contributed by atoms with Crippen LogP contribution in [-0.2, 0) is 6.42 Å². The lowest BCUT2D eigenvalue weighted by atomic mass is 9.99. The number of hydrogen-bond donors (Lipinski definition) is 1. The van der Waals surface area contributed by atoms with Gasteiger partial charge in [-0.05, 0) is 73.6 Å². The number of anilines is 2. The van der Waals surface area contributed by atoms with Gasteiger partial charge >= 0.3 is 0 Å². The van der Waals surface area contributed by atoms with E-state index in [9.17, 15) is 4.79 Å². The summed E-state index contributed by atoms with van der Waals surface area (Å²) in [5.74, 6) is 1.58. The Bertz CT molecular complexity index is 751. The molecule has 1 amide bonds. The number of benzene rings is 2. The van der Waals surface area contributed by atoms with E-state index < -0.39 is 0 Å². The van der Waals surface area contributed by atoms with Gasteiger partial charge in [-0.1, -0.05) is 6.07 Å². The van der Waals surface area contributed by atoms with E-state index in [1.807, 2.05) is 47.4 Å². The quantitative estimate of drug-likeness (QED) is 0.874. The van der Waals surface area contributed by atoms with Crippen LogP contribution >= 0.6 is 0 Å². The topological polar surface area (TPSA) is 55.6 Å². The van der Waals surface area contributed by atoms with E-state index in [0.29, 0.717) is 5.56 Å². The van der Waals surface area contributed by atoms with Crippen LogP contribution in [0.2, 0.25) is 0 Å². The molecule has 0 radical (unpaired) electrons. The smallest absolute Gasteiger partial charge is 0.258 e. The second-order valence-electron chi connectivity index (χ2n) is 6.68. The van der Waals surface area contributed by atoms with Crippen molar-refractivity contribution in [3.8, 4) is 5.75 Å². The number of nitrogens with zero attached hydrogens (tertiary/aromatic N) is 1. The second-order valence-corrected chi connectivity index (χ2v) is 6.68. The maximum atomic E-state index is 12.9. The van der Waals surface area contributed by atoms with E-state index in [1.165, 1.54) is 12.8 Å². The van der Waals surface area contributed by atoms with Crippen LogP contribution in [0.1, 0.15) is 35.2 Å². The zero-order valence-corrected chi connectivity index (χ0v) is 13.7. The first-order valence-electron chi connectivity index (χ1n) is 8.64. The minimum Gasteiger partial charge on any atom is -0.493 e. The number of nitrogens with two attached hydrogens (primary N) is 1. The van der Waals surface area contributed by atoms with Crippen LogP contribution in [0.3, 0.4) is 0 Å². The van der Waals surface area contributed by atoms with Crippen molar-refractivity contribution in [2.24, 2.45) is 5.92 Å². The Hall–Kier alpha value is -2.49. The van der Waals surface area contributed by atoms with Crippen LogP contribution < -0.4 is 15.4 Å². The summed E-state index contributed by atoms with van der Waals surface area (Å²) in [6.45, 7) is 1.52. The van der Waals surface area contributed by atoms with E-state index in [2.05, 4.69) is 0 Å². The van der Waals surface area contributed by atoms with Gasteiger partial charge < -0.3 is 15.4 Å². The molecule has 0 atom stereocenters. The number of hydrogen-bond acceptors (Lipinski definition) is 3. The van der Waals surface area contributed by atoms with E-state index in [4.69, 9.17) is 10.5 Å². The predicted molar refractivity (Wildman–Crippen MR) is 95.5 cm³/mol. The zero-order chi connectivity index (χ0) is 16.5. The molecular formula is C20H22N2O2. The normalized spacial score (nSPS) is 16.6. The van der Waals surface area contributed by atoms with Gasteiger partial charge in [-0.2, -0.15) is 0 Å². The summed E-state index contributed by atoms with van der Waals surface area (Å²) in [6.07, 6.45) is 4.41. The molecule has 0 spiro atoms. The summed E-state index contributed by atoms with van der Waals surface area (Å²) < 4.78 is 5.74. The summed E-state index contributed by atoms with van der Waals surface area (Å²) in [5, 5.41) is 0. The number of nitrogen functional groups attached to an aromatic ring is 1. The van der Waals surface area contributed by atoms with Gasteiger partial charge in [-0.3, -0.25) is 4.79 Å². The van der Waals surface area contributed by atoms with E-state index in [0.717, 1.165) is 54.6 Å². The first-order chi connectivity index (χ1) is 11.7. The predicted octanol–water partition coefficient (Wildman–Crippen LogP) is 3.65. The molecule has 124 valence electrons. The van der Waals surface area contributed by atoms with Crippen molar-refractivity contribution in [3.63, 3.8) is 0 Å². The van der Waals surface area contributed by atoms with Gasteiger partial charge in [-0.15, -0.1) is 0 Å². The summed E-state index contributed by atoms with van der Waals surface area (Å²) in [5.41, 5.74) is 9.56. The summed E-state index contributed by atoms with van der Waals surface area (Å²) in [4.78, 5) is 14.7. The Morgan fingerprint density at radius 2 is 1.96 bits per heavy atom. The number of carbonyl (C=O) groups excluding carboxylic acids is 1. The van der Waals surface area contributed by atoms with Gasteiger partial charge in [-0.25, -0.2) is 0 Å². The van der Waals surface area contributed by atoms with Crippen molar-refractivity contribution in [2.75, 3.05) is 23.8 Å². The Morgan fingerprint density at radius 1 is 1.17 bits per heavy atom. The molecule has 2 N–H and O–H groups in total. The fraction of sp³-hybridized carbons (Fsp3) is 0.350. The van der Waals surface area contributed by atoms with Crippen LogP contribution in [0.4, 0.5) is 11.4 Å². The largest absolute Gasteiger partial charge is 0.493 e. The van der Waals surface area contributed by atoms with Crippen LogP contribution in [0.25, 0.3) is 0 Å². The zero-order valence-electron chi connectivity index (χ0n) is 13.7. The van der Waals surface area contributed by atoms with E-state index in [1.54, 1.807) is 0 Å². The molecule has 0 bridgehead atoms. The van der Waals surface area contributed by atoms with Crippen molar-refractivity contribution >= 4 is 17.3 Å². The summed E-state index contributed by atoms with van der Waals surface area (Å²) in [6, 6.07) is 13.3. The summed E-state index contributed by atoms with van der Waals surface area (Å²) >= 11 is 0. The number of amides is 1. The van der Waals surface area contributed by atoms with Gasteiger partial charge in [0, 0.05) is 23.5 Å². The lowest BCUT2D eigenvalue weighted by Gasteiger charge is -2.30. The Labute approximate surface area is 142 Å². The van der Waals surface area contributed by atoms with Crippen LogP contribution in [0.15, 0.2) is 42.5 Å². The molecule has 0 aromatic heterocycles. The van der Waals surface area contributed by atoms with Gasteiger partial charge in [0.05, 0.1) is 6.61 Å². The van der Waals surface area contributed by atoms with Crippen molar-refractivity contribution < 1.29 is 9.53 Å². The Kier molecular flexibility index (Phi) is 3.89. The molecule has 1 aliphatic heterocycles. The standard InChI is InChI=1S/C20H22N2O2/c21-18-4-1-5-19-17(18)3-2-12-22(19)20(23)15-8-10-16(11-9-15)24-13-14-6-7-14/h1,4-5,8-11,14H,2-3,6-7,12-13,21H2. The lowest BCUT2D eigenvalue weighted by Crippen LogP contribution is -2.35. The Balaban J connectivity index is 1.52. The van der Waals surface area contributed by atoms with Crippen LogP contribution in [0, 0.1) is 5.92 Å². The third kappa shape index (κ3) is 2.96. The third-order valence-corrected chi connectivity index (χ3v) is 4.82. The highest BCUT2D eigenvalue weighted by Gasteiger charge is 2.25. The van der Waals surface area contributed by atoms with Crippen molar-refractivity contribution in [2.45, 2.75) is 25.7 Å². The molecule has 4 rings (SSSR count). The average Bonchev–Trinajstić information content (AvgIpc) is 3.44. The molecule has 1 aliphatic carbocycles. The first-order valence-corrected chi connectivity index (χ1v) is 8.64. The fourth-order valence-electron chi connectivity index (χ4n) is 3.21. The van der Waals surface area contributed by atoms with Gasteiger partial charge in [0.1, 0.15) is 5.75 Å². The molecule has 0 saturated heterocycles. The van der Waals surface area contributed by atoms with Gasteiger partial charge in [0.25, 0.3) is 5.91 Å². The SMILES string of the molecule is Nc1cccc2c1CCCN2C(=O)c1ccc(OCC2CC2)cc1. The molecule has 2 aromatic carbocycles. The highest BCUT2D eigenvalue weighted by molar-refractivity contribution is 6.07. The maximum Gasteiger partial charge on any atom is 0.258 e. The molecule has 4 heteroatoms. The van der Waals surface area contributed by atoms with Crippen LogP contribution in [-0.4, -0.2) is 19.1 Å². The maximum absolute atomic E-state index is 12.9. The highest BCUT2D eigenvalue weighted by atomic mass is 16.5. The van der Waals surface area contributed by atoms with Crippen molar-refractivity contribution in [1.29, 1.82) is 0 Å². The van der Waals surface area contributed by atoms with Crippen LogP contribution in [0.5, 0.6) is 5.75 Å². The monoisotopic (exact) mass is 322 g/mol. The van der Waals surface area contributed by atoms with Gasteiger partial charge in [0.2, 0.25) is 0 Å². The lowest BCUT2D eigenvalue weighted by molar-refractivity contribution is 0.0985. The van der Waals surface area contributed by atoms with Gasteiger partial charge in [0.15, 0.2) is 0 Å². The number of ether oxygens (including phenoxy) is 1. The van der Waals surface area contributed by atoms with Crippen molar-refractivity contribution in [1.82, 2.24) is 0 Å². The van der Waals surface area contributed by atoms with Crippen molar-refractivity contribution in [3.05, 3.63) is 53.6 Å². The number of carbonyl (C=O) groups is 1. The van der Waals surface area contributed by atoms with E-state index >= 15 is 0 Å². The molecule has 1 fully saturated rings. The molecule has 1 saturated carbocycles. The second kappa shape index (κ2) is 6.19. The Morgan fingerprint density at radius 3 is 2.71 bits per heavy atom. The molecule has 0 unspecified atom stereocenters. The fourth-order valence-corrected chi connectivity index (χ4v) is 3.21. The molecular weight excluding hydrogens is 300 g/mol. The minimum atomic E-state index is 0.0234. The molecule has 4 nitrogen and oxygen atoms in total. The molecule has 24 heavy (non-hydrogen) atoms.